The predicted molar refractivity (Wildman–Crippen MR) is 75.0 cm³/mol. The van der Waals surface area contributed by atoms with Crippen LogP contribution in [0.4, 0.5) is 0 Å². The highest BCUT2D eigenvalue weighted by molar-refractivity contribution is 5.72. The van der Waals surface area contributed by atoms with Crippen molar-refractivity contribution in [1.82, 2.24) is 4.90 Å². The van der Waals surface area contributed by atoms with Crippen molar-refractivity contribution in [2.24, 2.45) is 5.73 Å². The van der Waals surface area contributed by atoms with E-state index in [1.54, 1.807) is 0 Å². The molecule has 1 aliphatic rings. The van der Waals surface area contributed by atoms with Crippen molar-refractivity contribution in [2.45, 2.75) is 38.3 Å². The van der Waals surface area contributed by atoms with Gasteiger partial charge in [-0.3, -0.25) is 4.79 Å². The van der Waals surface area contributed by atoms with Crippen molar-refractivity contribution < 1.29 is 9.90 Å². The van der Waals surface area contributed by atoms with Gasteiger partial charge < -0.3 is 15.7 Å². The lowest BCUT2D eigenvalue weighted by molar-refractivity contribution is -0.138. The number of aliphatic carboxylic acids is 1. The third kappa shape index (κ3) is 3.78. The summed E-state index contributed by atoms with van der Waals surface area (Å²) in [6.45, 7) is 1.55. The van der Waals surface area contributed by atoms with Crippen LogP contribution in [0.15, 0.2) is 18.2 Å². The Hall–Kier alpha value is -1.39. The van der Waals surface area contributed by atoms with Gasteiger partial charge in [-0.1, -0.05) is 18.2 Å². The molecule has 3 N–H and O–H groups in total. The van der Waals surface area contributed by atoms with Crippen LogP contribution >= 0.6 is 0 Å². The van der Waals surface area contributed by atoms with Crippen LogP contribution in [0.2, 0.25) is 0 Å². The molecule has 0 amide bonds. The molecule has 0 heterocycles. The summed E-state index contributed by atoms with van der Waals surface area (Å²) in [5.74, 6) is -0.925. The number of carboxylic acid groups (broad SMARTS) is 1. The first-order valence-corrected chi connectivity index (χ1v) is 6.84. The summed E-state index contributed by atoms with van der Waals surface area (Å²) in [6.07, 6.45) is 4.15. The molecule has 1 aromatic rings. The molecule has 1 atom stereocenters. The van der Waals surface area contributed by atoms with Gasteiger partial charge in [-0.2, -0.15) is 0 Å². The normalized spacial score (nSPS) is 15.5. The number of aryl methyl sites for hydroxylation is 2. The van der Waals surface area contributed by atoms with Gasteiger partial charge in [0.15, 0.2) is 0 Å². The van der Waals surface area contributed by atoms with E-state index in [9.17, 15) is 4.79 Å². The minimum absolute atomic E-state index is 0.483. The molecular formula is C15H22N2O2. The molecule has 0 aliphatic heterocycles. The molecular weight excluding hydrogens is 240 g/mol. The molecule has 0 saturated carbocycles. The molecule has 0 saturated heterocycles. The van der Waals surface area contributed by atoms with Crippen LogP contribution in [0.5, 0.6) is 0 Å². The fourth-order valence-electron chi connectivity index (χ4n) is 2.60. The molecule has 0 spiro atoms. The minimum Gasteiger partial charge on any atom is -0.480 e. The molecule has 4 nitrogen and oxygen atoms in total. The Morgan fingerprint density at radius 1 is 1.42 bits per heavy atom. The van der Waals surface area contributed by atoms with E-state index in [1.807, 2.05) is 7.05 Å². The fraction of sp³-hybridized carbons (Fsp3) is 0.533. The van der Waals surface area contributed by atoms with Crippen molar-refractivity contribution >= 4 is 5.97 Å². The Morgan fingerprint density at radius 2 is 2.16 bits per heavy atom. The molecule has 1 aromatic carbocycles. The summed E-state index contributed by atoms with van der Waals surface area (Å²) in [7, 11) is 2.00. The van der Waals surface area contributed by atoms with Crippen LogP contribution < -0.4 is 5.73 Å². The van der Waals surface area contributed by atoms with Gasteiger partial charge in [0.25, 0.3) is 0 Å². The molecule has 0 fully saturated rings. The second kappa shape index (κ2) is 6.17. The average Bonchev–Trinajstić information content (AvgIpc) is 2.83. The summed E-state index contributed by atoms with van der Waals surface area (Å²) in [4.78, 5) is 12.8. The van der Waals surface area contributed by atoms with Gasteiger partial charge in [0.05, 0.1) is 0 Å². The molecule has 19 heavy (non-hydrogen) atoms. The second-order valence-corrected chi connectivity index (χ2v) is 5.43. The maximum Gasteiger partial charge on any atom is 0.320 e. The first-order chi connectivity index (χ1) is 9.06. The lowest BCUT2D eigenvalue weighted by Crippen LogP contribution is -2.34. The van der Waals surface area contributed by atoms with Crippen LogP contribution in [0.1, 0.15) is 29.5 Å². The van der Waals surface area contributed by atoms with Gasteiger partial charge in [0, 0.05) is 13.1 Å². The zero-order chi connectivity index (χ0) is 13.8. The molecule has 104 valence electrons. The van der Waals surface area contributed by atoms with Gasteiger partial charge in [-0.25, -0.2) is 0 Å². The molecule has 4 heteroatoms. The number of carboxylic acids is 1. The molecule has 0 radical (unpaired) electrons. The van der Waals surface area contributed by atoms with Gasteiger partial charge in [0.1, 0.15) is 6.04 Å². The Labute approximate surface area is 114 Å². The Kier molecular flexibility index (Phi) is 4.56. The van der Waals surface area contributed by atoms with Crippen LogP contribution in [0, 0.1) is 0 Å². The quantitative estimate of drug-likeness (QED) is 0.813. The number of hydrogen-bond acceptors (Lipinski definition) is 3. The fourth-order valence-corrected chi connectivity index (χ4v) is 2.60. The standard InChI is InChI=1S/C15H22N2O2/c1-17(8-7-14(16)15(18)19)10-11-5-6-12-3-2-4-13(12)9-11/h5-6,9,14H,2-4,7-8,10,16H2,1H3,(H,18,19). The molecule has 1 aliphatic carbocycles. The number of nitrogens with two attached hydrogens (primary N) is 1. The van der Waals surface area contributed by atoms with E-state index >= 15 is 0 Å². The first kappa shape index (κ1) is 14.0. The van der Waals surface area contributed by atoms with Crippen molar-refractivity contribution in [3.05, 3.63) is 34.9 Å². The van der Waals surface area contributed by atoms with E-state index in [0.29, 0.717) is 13.0 Å². The third-order valence-corrected chi connectivity index (χ3v) is 3.75. The van der Waals surface area contributed by atoms with Crippen molar-refractivity contribution in [1.29, 1.82) is 0 Å². The number of hydrogen-bond donors (Lipinski definition) is 2. The summed E-state index contributed by atoms with van der Waals surface area (Å²) in [5, 5.41) is 8.75. The van der Waals surface area contributed by atoms with Crippen LogP contribution in [0.25, 0.3) is 0 Å². The number of carbonyl (C=O) groups is 1. The van der Waals surface area contributed by atoms with E-state index in [4.69, 9.17) is 10.8 Å². The SMILES string of the molecule is CN(CCC(N)C(=O)O)Cc1ccc2c(c1)CCC2. The van der Waals surface area contributed by atoms with Crippen LogP contribution in [-0.4, -0.2) is 35.6 Å². The Bertz CT molecular complexity index is 459. The largest absolute Gasteiger partial charge is 0.480 e. The van der Waals surface area contributed by atoms with E-state index in [1.165, 1.54) is 36.0 Å². The van der Waals surface area contributed by atoms with Crippen LogP contribution in [0.3, 0.4) is 0 Å². The lowest BCUT2D eigenvalue weighted by atomic mass is 10.1. The van der Waals surface area contributed by atoms with E-state index < -0.39 is 12.0 Å². The summed E-state index contributed by atoms with van der Waals surface area (Å²) >= 11 is 0. The van der Waals surface area contributed by atoms with Gasteiger partial charge in [-0.05, 0) is 49.4 Å². The summed E-state index contributed by atoms with van der Waals surface area (Å²) in [6, 6.07) is 5.94. The number of rotatable bonds is 6. The van der Waals surface area contributed by atoms with Gasteiger partial charge >= 0.3 is 5.97 Å². The molecule has 0 aromatic heterocycles. The van der Waals surface area contributed by atoms with Gasteiger partial charge in [0.2, 0.25) is 0 Å². The predicted octanol–water partition coefficient (Wildman–Crippen LogP) is 1.41. The number of nitrogens with zero attached hydrogens (tertiary/aromatic N) is 1. The zero-order valence-electron chi connectivity index (χ0n) is 11.4. The summed E-state index contributed by atoms with van der Waals surface area (Å²) < 4.78 is 0. The highest BCUT2D eigenvalue weighted by Gasteiger charge is 2.14. The van der Waals surface area contributed by atoms with E-state index in [-0.39, 0.29) is 0 Å². The topological polar surface area (TPSA) is 66.6 Å². The minimum atomic E-state index is -0.925. The monoisotopic (exact) mass is 262 g/mol. The maximum atomic E-state index is 10.7. The van der Waals surface area contributed by atoms with Crippen molar-refractivity contribution in [3.8, 4) is 0 Å². The lowest BCUT2D eigenvalue weighted by Gasteiger charge is -2.18. The Morgan fingerprint density at radius 3 is 2.89 bits per heavy atom. The van der Waals surface area contributed by atoms with E-state index in [2.05, 4.69) is 23.1 Å². The molecule has 1 unspecified atom stereocenters. The summed E-state index contributed by atoms with van der Waals surface area (Å²) in [5.41, 5.74) is 9.77. The second-order valence-electron chi connectivity index (χ2n) is 5.43. The van der Waals surface area contributed by atoms with Gasteiger partial charge in [-0.15, -0.1) is 0 Å². The van der Waals surface area contributed by atoms with Crippen molar-refractivity contribution in [2.75, 3.05) is 13.6 Å². The van der Waals surface area contributed by atoms with E-state index in [0.717, 1.165) is 6.54 Å². The zero-order valence-corrected chi connectivity index (χ0v) is 11.4. The number of benzene rings is 1. The highest BCUT2D eigenvalue weighted by Crippen LogP contribution is 2.23. The molecule has 0 bridgehead atoms. The average molecular weight is 262 g/mol. The highest BCUT2D eigenvalue weighted by atomic mass is 16.4. The van der Waals surface area contributed by atoms with Crippen molar-refractivity contribution in [3.63, 3.8) is 0 Å². The smallest absolute Gasteiger partial charge is 0.320 e. The third-order valence-electron chi connectivity index (χ3n) is 3.75. The molecule has 2 rings (SSSR count). The Balaban J connectivity index is 1.85. The maximum absolute atomic E-state index is 10.7. The van der Waals surface area contributed by atoms with Crippen LogP contribution in [-0.2, 0) is 24.2 Å². The number of fused-ring (bicyclic) bond motifs is 1. The first-order valence-electron chi connectivity index (χ1n) is 6.84.